The van der Waals surface area contributed by atoms with Crippen molar-refractivity contribution in [1.82, 2.24) is 10.6 Å². The van der Waals surface area contributed by atoms with Crippen LogP contribution in [-0.4, -0.2) is 43.4 Å². The summed E-state index contributed by atoms with van der Waals surface area (Å²) in [4.78, 5) is 5.43. The molecule has 0 amide bonds. The number of rotatable bonds is 6. The Morgan fingerprint density at radius 3 is 2.81 bits per heavy atom. The van der Waals surface area contributed by atoms with E-state index in [4.69, 9.17) is 9.47 Å². The smallest absolute Gasteiger partial charge is 0.191 e. The highest BCUT2D eigenvalue weighted by atomic mass is 32.1. The van der Waals surface area contributed by atoms with Gasteiger partial charge >= 0.3 is 0 Å². The van der Waals surface area contributed by atoms with E-state index in [0.29, 0.717) is 19.1 Å². The van der Waals surface area contributed by atoms with E-state index < -0.39 is 5.60 Å². The number of aliphatic hydroxyl groups is 1. The molecule has 3 rings (SSSR count). The van der Waals surface area contributed by atoms with Crippen molar-refractivity contribution < 1.29 is 14.6 Å². The Kier molecular flexibility index (Phi) is 6.00. The first-order valence-electron chi connectivity index (χ1n) is 8.75. The van der Waals surface area contributed by atoms with Gasteiger partial charge in [0.05, 0.1) is 13.1 Å². The van der Waals surface area contributed by atoms with E-state index in [1.54, 1.807) is 6.92 Å². The molecule has 1 aromatic heterocycles. The molecular formula is C19H25N3O3S. The Morgan fingerprint density at radius 2 is 2.08 bits per heavy atom. The molecule has 2 heterocycles. The van der Waals surface area contributed by atoms with Crippen molar-refractivity contribution in [3.8, 4) is 11.5 Å². The average Bonchev–Trinajstić information content (AvgIpc) is 3.19. The van der Waals surface area contributed by atoms with Crippen molar-refractivity contribution in [2.24, 2.45) is 4.99 Å². The predicted molar refractivity (Wildman–Crippen MR) is 104 cm³/mol. The summed E-state index contributed by atoms with van der Waals surface area (Å²) < 4.78 is 11.7. The molecule has 1 aliphatic rings. The van der Waals surface area contributed by atoms with Gasteiger partial charge in [0, 0.05) is 11.4 Å². The van der Waals surface area contributed by atoms with Crippen LogP contribution >= 0.6 is 11.3 Å². The van der Waals surface area contributed by atoms with Gasteiger partial charge in [0.15, 0.2) is 17.5 Å². The second-order valence-corrected chi connectivity index (χ2v) is 7.27. The number of nitrogens with one attached hydrogen (secondary N) is 2. The zero-order valence-electron chi connectivity index (χ0n) is 15.1. The number of guanidine groups is 1. The van der Waals surface area contributed by atoms with Gasteiger partial charge in [-0.3, -0.25) is 0 Å². The minimum atomic E-state index is -0.986. The molecule has 1 aromatic carbocycles. The molecule has 2 unspecified atom stereocenters. The third-order valence-corrected chi connectivity index (χ3v) is 5.13. The van der Waals surface area contributed by atoms with Gasteiger partial charge < -0.3 is 25.2 Å². The molecule has 26 heavy (non-hydrogen) atoms. The van der Waals surface area contributed by atoms with E-state index in [9.17, 15) is 5.11 Å². The maximum atomic E-state index is 10.6. The number of thiophene rings is 1. The first-order chi connectivity index (χ1) is 12.6. The van der Waals surface area contributed by atoms with Crippen LogP contribution in [0.3, 0.4) is 0 Å². The Morgan fingerprint density at radius 1 is 1.27 bits per heavy atom. The van der Waals surface area contributed by atoms with Crippen molar-refractivity contribution in [1.29, 1.82) is 0 Å². The summed E-state index contributed by atoms with van der Waals surface area (Å²) in [5.74, 6) is 2.18. The van der Waals surface area contributed by atoms with Crippen molar-refractivity contribution in [2.45, 2.75) is 25.6 Å². The highest BCUT2D eigenvalue weighted by molar-refractivity contribution is 7.10. The first-order valence-corrected chi connectivity index (χ1v) is 9.63. The number of fused-ring (bicyclic) bond motifs is 1. The molecule has 3 N–H and O–H groups in total. The van der Waals surface area contributed by atoms with E-state index in [2.05, 4.69) is 15.6 Å². The average molecular weight is 375 g/mol. The third kappa shape index (κ3) is 4.68. The summed E-state index contributed by atoms with van der Waals surface area (Å²) >= 11 is 1.53. The first kappa shape index (κ1) is 18.5. The topological polar surface area (TPSA) is 75.1 Å². The number of hydrogen-bond donors (Lipinski definition) is 3. The van der Waals surface area contributed by atoms with Gasteiger partial charge in [-0.05, 0) is 37.4 Å². The molecule has 1 aliphatic heterocycles. The van der Waals surface area contributed by atoms with Crippen LogP contribution < -0.4 is 20.1 Å². The van der Waals surface area contributed by atoms with Crippen LogP contribution in [0.25, 0.3) is 0 Å². The summed E-state index contributed by atoms with van der Waals surface area (Å²) in [7, 11) is 0. The van der Waals surface area contributed by atoms with Crippen molar-refractivity contribution in [3.63, 3.8) is 0 Å². The summed E-state index contributed by atoms with van der Waals surface area (Å²) in [5.41, 5.74) is -0.986. The van der Waals surface area contributed by atoms with E-state index in [-0.39, 0.29) is 12.6 Å². The maximum Gasteiger partial charge on any atom is 0.191 e. The molecule has 6 nitrogen and oxygen atoms in total. The molecule has 2 atom stereocenters. The van der Waals surface area contributed by atoms with Gasteiger partial charge in [-0.2, -0.15) is 0 Å². The standard InChI is InChI=1S/C19H25N3O3S/c1-3-20-18(22-13-19(2,23)17-9-6-10-26-17)21-11-14-12-24-15-7-4-5-8-16(15)25-14/h4-10,14,23H,3,11-13H2,1-2H3,(H2,20,21,22). The van der Waals surface area contributed by atoms with Crippen LogP contribution in [0.2, 0.25) is 0 Å². The molecule has 2 aromatic rings. The number of aliphatic imine (C=N–C) groups is 1. The highest BCUT2D eigenvalue weighted by Gasteiger charge is 2.24. The SMILES string of the molecule is CCNC(=NCC(C)(O)c1cccs1)NCC1COc2ccccc2O1. The van der Waals surface area contributed by atoms with Crippen molar-refractivity contribution in [3.05, 3.63) is 46.7 Å². The Hall–Kier alpha value is -2.25. The third-order valence-electron chi connectivity index (χ3n) is 4.01. The molecule has 0 aliphatic carbocycles. The number of benzene rings is 1. The predicted octanol–water partition coefficient (Wildman–Crippen LogP) is 2.35. The van der Waals surface area contributed by atoms with Gasteiger partial charge in [0.2, 0.25) is 0 Å². The highest BCUT2D eigenvalue weighted by Crippen LogP contribution is 2.30. The lowest BCUT2D eigenvalue weighted by molar-refractivity contribution is 0.0710. The van der Waals surface area contributed by atoms with Crippen molar-refractivity contribution >= 4 is 17.3 Å². The zero-order valence-corrected chi connectivity index (χ0v) is 15.9. The molecule has 0 fully saturated rings. The Labute approximate surface area is 157 Å². The molecule has 0 bridgehead atoms. The molecule has 0 saturated carbocycles. The fourth-order valence-corrected chi connectivity index (χ4v) is 3.39. The van der Waals surface area contributed by atoms with Gasteiger partial charge in [-0.25, -0.2) is 4.99 Å². The quantitative estimate of drug-likeness (QED) is 0.534. The van der Waals surface area contributed by atoms with Gasteiger partial charge in [0.1, 0.15) is 18.3 Å². The number of nitrogens with zero attached hydrogens (tertiary/aromatic N) is 1. The van der Waals surface area contributed by atoms with Crippen LogP contribution in [0.15, 0.2) is 46.8 Å². The zero-order chi connectivity index (χ0) is 18.4. The van der Waals surface area contributed by atoms with E-state index >= 15 is 0 Å². The lowest BCUT2D eigenvalue weighted by atomic mass is 10.1. The lowest BCUT2D eigenvalue weighted by Crippen LogP contribution is -2.45. The lowest BCUT2D eigenvalue weighted by Gasteiger charge is -2.27. The van der Waals surface area contributed by atoms with Crippen LogP contribution in [0, 0.1) is 0 Å². The van der Waals surface area contributed by atoms with Crippen LogP contribution in [0.4, 0.5) is 0 Å². The van der Waals surface area contributed by atoms with E-state index in [0.717, 1.165) is 22.9 Å². The molecule has 7 heteroatoms. The fraction of sp³-hybridized carbons (Fsp3) is 0.421. The molecular weight excluding hydrogens is 350 g/mol. The van der Waals surface area contributed by atoms with Gasteiger partial charge in [-0.15, -0.1) is 11.3 Å². The maximum absolute atomic E-state index is 10.6. The van der Waals surface area contributed by atoms with Crippen LogP contribution in [0.5, 0.6) is 11.5 Å². The Balaban J connectivity index is 1.57. The summed E-state index contributed by atoms with van der Waals surface area (Å²) in [6.07, 6.45) is -0.105. The molecule has 0 spiro atoms. The molecule has 0 saturated heterocycles. The number of hydrogen-bond acceptors (Lipinski definition) is 5. The van der Waals surface area contributed by atoms with Gasteiger partial charge in [0.25, 0.3) is 0 Å². The second kappa shape index (κ2) is 8.42. The second-order valence-electron chi connectivity index (χ2n) is 6.32. The summed E-state index contributed by atoms with van der Waals surface area (Å²) in [5, 5.41) is 19.0. The molecule has 140 valence electrons. The van der Waals surface area contributed by atoms with E-state index in [1.807, 2.05) is 48.7 Å². The number of para-hydroxylation sites is 2. The van der Waals surface area contributed by atoms with E-state index in [1.165, 1.54) is 11.3 Å². The normalized spacial score (nSPS) is 18.9. The largest absolute Gasteiger partial charge is 0.486 e. The Bertz CT molecular complexity index is 731. The monoisotopic (exact) mass is 375 g/mol. The summed E-state index contributed by atoms with van der Waals surface area (Å²) in [6.45, 7) is 5.83. The van der Waals surface area contributed by atoms with Crippen molar-refractivity contribution in [2.75, 3.05) is 26.2 Å². The summed E-state index contributed by atoms with van der Waals surface area (Å²) in [6, 6.07) is 11.5. The number of ether oxygens (including phenoxy) is 2. The van der Waals surface area contributed by atoms with Crippen LogP contribution in [-0.2, 0) is 5.60 Å². The van der Waals surface area contributed by atoms with Crippen LogP contribution in [0.1, 0.15) is 18.7 Å². The van der Waals surface area contributed by atoms with Gasteiger partial charge in [-0.1, -0.05) is 18.2 Å². The fourth-order valence-electron chi connectivity index (χ4n) is 2.61. The molecule has 0 radical (unpaired) electrons. The minimum Gasteiger partial charge on any atom is -0.486 e. The minimum absolute atomic E-state index is 0.105.